The van der Waals surface area contributed by atoms with Crippen LogP contribution in [0, 0.1) is 0 Å². The van der Waals surface area contributed by atoms with Crippen molar-refractivity contribution in [2.75, 3.05) is 7.11 Å². The van der Waals surface area contributed by atoms with E-state index < -0.39 is 0 Å². The summed E-state index contributed by atoms with van der Waals surface area (Å²) in [6.45, 7) is 0. The van der Waals surface area contributed by atoms with Gasteiger partial charge in [0, 0.05) is 18.4 Å². The zero-order valence-electron chi connectivity index (χ0n) is 10.4. The SMILES string of the molecule is COc1ccccc1CC(=O)Cc1ccccc1. The van der Waals surface area contributed by atoms with Gasteiger partial charge in [-0.15, -0.1) is 0 Å². The van der Waals surface area contributed by atoms with Crippen molar-refractivity contribution >= 4 is 5.78 Å². The number of ketones is 1. The maximum atomic E-state index is 12.0. The lowest BCUT2D eigenvalue weighted by atomic mass is 10.0. The van der Waals surface area contributed by atoms with Gasteiger partial charge in [-0.25, -0.2) is 0 Å². The van der Waals surface area contributed by atoms with Gasteiger partial charge in [-0.05, 0) is 11.6 Å². The molecule has 0 amide bonds. The van der Waals surface area contributed by atoms with Crippen LogP contribution in [0.1, 0.15) is 11.1 Å². The number of methoxy groups -OCH3 is 1. The zero-order chi connectivity index (χ0) is 12.8. The highest BCUT2D eigenvalue weighted by molar-refractivity contribution is 5.83. The van der Waals surface area contributed by atoms with Crippen molar-refractivity contribution in [2.45, 2.75) is 12.8 Å². The van der Waals surface area contributed by atoms with Crippen molar-refractivity contribution in [1.29, 1.82) is 0 Å². The number of carbonyl (C=O) groups is 1. The van der Waals surface area contributed by atoms with Crippen molar-refractivity contribution in [1.82, 2.24) is 0 Å². The highest BCUT2D eigenvalue weighted by atomic mass is 16.5. The normalized spacial score (nSPS) is 10.1. The Morgan fingerprint density at radius 1 is 0.944 bits per heavy atom. The Balaban J connectivity index is 2.03. The third kappa shape index (κ3) is 3.20. The highest BCUT2D eigenvalue weighted by Gasteiger charge is 2.08. The Labute approximate surface area is 107 Å². The van der Waals surface area contributed by atoms with Crippen LogP contribution in [-0.2, 0) is 17.6 Å². The van der Waals surface area contributed by atoms with Crippen LogP contribution >= 0.6 is 0 Å². The molecule has 2 rings (SSSR count). The van der Waals surface area contributed by atoms with E-state index >= 15 is 0 Å². The van der Waals surface area contributed by atoms with Crippen LogP contribution in [0.4, 0.5) is 0 Å². The molecular weight excluding hydrogens is 224 g/mol. The fourth-order valence-electron chi connectivity index (χ4n) is 1.95. The van der Waals surface area contributed by atoms with Gasteiger partial charge in [0.25, 0.3) is 0 Å². The van der Waals surface area contributed by atoms with Crippen molar-refractivity contribution in [3.63, 3.8) is 0 Å². The Morgan fingerprint density at radius 2 is 1.61 bits per heavy atom. The van der Waals surface area contributed by atoms with Crippen LogP contribution in [0.15, 0.2) is 54.6 Å². The summed E-state index contributed by atoms with van der Waals surface area (Å²) in [5.74, 6) is 0.976. The second kappa shape index (κ2) is 6.01. The number of hydrogen-bond acceptors (Lipinski definition) is 2. The molecule has 0 saturated heterocycles. The molecule has 0 spiro atoms. The summed E-state index contributed by atoms with van der Waals surface area (Å²) in [6.07, 6.45) is 0.887. The quantitative estimate of drug-likeness (QED) is 0.803. The molecule has 0 unspecified atom stereocenters. The maximum absolute atomic E-state index is 12.0. The van der Waals surface area contributed by atoms with Crippen LogP contribution in [0.25, 0.3) is 0 Å². The van der Waals surface area contributed by atoms with E-state index in [0.717, 1.165) is 16.9 Å². The van der Waals surface area contributed by atoms with Crippen molar-refractivity contribution in [3.05, 3.63) is 65.7 Å². The third-order valence-corrected chi connectivity index (χ3v) is 2.82. The molecule has 0 aliphatic rings. The lowest BCUT2D eigenvalue weighted by molar-refractivity contribution is -0.117. The summed E-state index contributed by atoms with van der Waals surface area (Å²) in [5, 5.41) is 0. The van der Waals surface area contributed by atoms with Gasteiger partial charge in [0.1, 0.15) is 11.5 Å². The predicted molar refractivity (Wildman–Crippen MR) is 71.9 cm³/mol. The number of hydrogen-bond donors (Lipinski definition) is 0. The van der Waals surface area contributed by atoms with E-state index in [2.05, 4.69) is 0 Å². The van der Waals surface area contributed by atoms with E-state index in [9.17, 15) is 4.79 Å². The van der Waals surface area contributed by atoms with Gasteiger partial charge in [-0.1, -0.05) is 48.5 Å². The minimum absolute atomic E-state index is 0.200. The molecule has 0 aliphatic heterocycles. The van der Waals surface area contributed by atoms with Crippen LogP contribution in [0.5, 0.6) is 5.75 Å². The number of ether oxygens (including phenoxy) is 1. The monoisotopic (exact) mass is 240 g/mol. The predicted octanol–water partition coefficient (Wildman–Crippen LogP) is 3.05. The summed E-state index contributed by atoms with van der Waals surface area (Å²) in [4.78, 5) is 12.0. The average molecular weight is 240 g/mol. The molecular formula is C16H16O2. The Morgan fingerprint density at radius 3 is 2.33 bits per heavy atom. The van der Waals surface area contributed by atoms with Crippen LogP contribution < -0.4 is 4.74 Å². The molecule has 0 bridgehead atoms. The first-order valence-corrected chi connectivity index (χ1v) is 5.97. The fourth-order valence-corrected chi connectivity index (χ4v) is 1.95. The average Bonchev–Trinajstić information content (AvgIpc) is 2.40. The van der Waals surface area contributed by atoms with E-state index in [1.165, 1.54) is 0 Å². The molecule has 92 valence electrons. The molecule has 2 nitrogen and oxygen atoms in total. The molecule has 0 atom stereocenters. The molecule has 18 heavy (non-hydrogen) atoms. The smallest absolute Gasteiger partial charge is 0.141 e. The van der Waals surface area contributed by atoms with Crippen molar-refractivity contribution in [3.8, 4) is 5.75 Å². The van der Waals surface area contributed by atoms with E-state index in [4.69, 9.17) is 4.74 Å². The second-order valence-corrected chi connectivity index (χ2v) is 4.19. The van der Waals surface area contributed by atoms with Crippen molar-refractivity contribution < 1.29 is 9.53 Å². The summed E-state index contributed by atoms with van der Waals surface area (Å²) in [5.41, 5.74) is 2.00. The Bertz CT molecular complexity index is 518. The number of rotatable bonds is 5. The molecule has 0 aromatic heterocycles. The topological polar surface area (TPSA) is 26.3 Å². The first kappa shape index (κ1) is 12.4. The van der Waals surface area contributed by atoms with E-state index in [1.54, 1.807) is 7.11 Å². The zero-order valence-corrected chi connectivity index (χ0v) is 10.4. The van der Waals surface area contributed by atoms with Gasteiger partial charge in [-0.2, -0.15) is 0 Å². The summed E-state index contributed by atoms with van der Waals surface area (Å²) >= 11 is 0. The molecule has 2 aromatic carbocycles. The van der Waals surface area contributed by atoms with Crippen molar-refractivity contribution in [2.24, 2.45) is 0 Å². The molecule has 2 heteroatoms. The van der Waals surface area contributed by atoms with Crippen LogP contribution in [0.2, 0.25) is 0 Å². The molecule has 0 fully saturated rings. The van der Waals surface area contributed by atoms with Gasteiger partial charge in [0.15, 0.2) is 0 Å². The number of para-hydroxylation sites is 1. The lowest BCUT2D eigenvalue weighted by Crippen LogP contribution is -2.07. The minimum Gasteiger partial charge on any atom is -0.496 e. The van der Waals surface area contributed by atoms with Crippen LogP contribution in [-0.4, -0.2) is 12.9 Å². The van der Waals surface area contributed by atoms with Crippen LogP contribution in [0.3, 0.4) is 0 Å². The molecule has 0 saturated carbocycles. The standard InChI is InChI=1S/C16H16O2/c1-18-16-10-6-5-9-14(16)12-15(17)11-13-7-3-2-4-8-13/h2-10H,11-12H2,1H3. The highest BCUT2D eigenvalue weighted by Crippen LogP contribution is 2.18. The minimum atomic E-state index is 0.200. The van der Waals surface area contributed by atoms with Gasteiger partial charge >= 0.3 is 0 Å². The fraction of sp³-hybridized carbons (Fsp3) is 0.188. The number of carbonyl (C=O) groups excluding carboxylic acids is 1. The number of Topliss-reactive ketones (excluding diaryl/α,β-unsaturated/α-hetero) is 1. The van der Waals surface area contributed by atoms with Gasteiger partial charge in [0.2, 0.25) is 0 Å². The number of benzene rings is 2. The molecule has 0 aliphatic carbocycles. The third-order valence-electron chi connectivity index (χ3n) is 2.82. The van der Waals surface area contributed by atoms with Gasteiger partial charge in [-0.3, -0.25) is 4.79 Å². The largest absolute Gasteiger partial charge is 0.496 e. The Hall–Kier alpha value is -2.09. The summed E-state index contributed by atoms with van der Waals surface area (Å²) < 4.78 is 5.24. The van der Waals surface area contributed by atoms with Gasteiger partial charge in [0.05, 0.1) is 7.11 Å². The first-order chi connectivity index (χ1) is 8.79. The van der Waals surface area contributed by atoms with E-state index in [-0.39, 0.29) is 5.78 Å². The van der Waals surface area contributed by atoms with E-state index in [1.807, 2.05) is 54.6 Å². The molecule has 0 radical (unpaired) electrons. The molecule has 0 N–H and O–H groups in total. The molecule has 0 heterocycles. The summed E-state index contributed by atoms with van der Waals surface area (Å²) in [7, 11) is 1.63. The summed E-state index contributed by atoms with van der Waals surface area (Å²) in [6, 6.07) is 17.4. The Kier molecular flexibility index (Phi) is 4.13. The molecule has 2 aromatic rings. The maximum Gasteiger partial charge on any atom is 0.141 e. The lowest BCUT2D eigenvalue weighted by Gasteiger charge is -2.07. The van der Waals surface area contributed by atoms with E-state index in [0.29, 0.717) is 12.8 Å². The van der Waals surface area contributed by atoms with Gasteiger partial charge < -0.3 is 4.74 Å². The second-order valence-electron chi connectivity index (χ2n) is 4.19. The first-order valence-electron chi connectivity index (χ1n) is 5.97.